The van der Waals surface area contributed by atoms with Gasteiger partial charge >= 0.3 is 0 Å². The van der Waals surface area contributed by atoms with Gasteiger partial charge in [-0.2, -0.15) is 0 Å². The molecular weight excluding hydrogens is 314 g/mol. The van der Waals surface area contributed by atoms with Gasteiger partial charge in [0.2, 0.25) is 0 Å². The van der Waals surface area contributed by atoms with Gasteiger partial charge in [0.05, 0.1) is 24.7 Å². The SMILES string of the molecule is C=C(C)Cn1c(CNC(=O)c2cccc(OC)c2)nc2ccccc21. The summed E-state index contributed by atoms with van der Waals surface area (Å²) in [6, 6.07) is 15.0. The molecule has 2 aromatic carbocycles. The van der Waals surface area contributed by atoms with Crippen LogP contribution in [-0.4, -0.2) is 22.6 Å². The summed E-state index contributed by atoms with van der Waals surface area (Å²) in [5, 5.41) is 2.93. The van der Waals surface area contributed by atoms with Crippen molar-refractivity contribution in [3.05, 3.63) is 72.1 Å². The molecule has 0 spiro atoms. The fraction of sp³-hybridized carbons (Fsp3) is 0.200. The molecule has 0 saturated carbocycles. The van der Waals surface area contributed by atoms with Gasteiger partial charge in [-0.3, -0.25) is 4.79 Å². The van der Waals surface area contributed by atoms with E-state index in [2.05, 4.69) is 21.4 Å². The maximum absolute atomic E-state index is 12.4. The monoisotopic (exact) mass is 335 g/mol. The number of ether oxygens (including phenoxy) is 1. The molecule has 1 aromatic heterocycles. The van der Waals surface area contributed by atoms with Crippen LogP contribution in [0.25, 0.3) is 11.0 Å². The smallest absolute Gasteiger partial charge is 0.251 e. The Balaban J connectivity index is 1.82. The molecular formula is C20H21N3O2. The normalized spacial score (nSPS) is 10.6. The molecule has 0 atom stereocenters. The van der Waals surface area contributed by atoms with Crippen LogP contribution < -0.4 is 10.1 Å². The van der Waals surface area contributed by atoms with Crippen molar-refractivity contribution in [2.24, 2.45) is 0 Å². The number of aromatic nitrogens is 2. The molecule has 0 aliphatic heterocycles. The molecule has 25 heavy (non-hydrogen) atoms. The number of imidazole rings is 1. The average Bonchev–Trinajstić information content (AvgIpc) is 2.97. The molecule has 1 heterocycles. The third kappa shape index (κ3) is 3.71. The Morgan fingerprint density at radius 2 is 2.04 bits per heavy atom. The second-order valence-electron chi connectivity index (χ2n) is 5.97. The minimum absolute atomic E-state index is 0.159. The van der Waals surface area contributed by atoms with Crippen LogP contribution in [0.4, 0.5) is 0 Å². The Hall–Kier alpha value is -3.08. The topological polar surface area (TPSA) is 56.2 Å². The lowest BCUT2D eigenvalue weighted by atomic mass is 10.2. The van der Waals surface area contributed by atoms with Crippen LogP contribution in [-0.2, 0) is 13.1 Å². The first-order valence-corrected chi connectivity index (χ1v) is 8.09. The van der Waals surface area contributed by atoms with Crippen molar-refractivity contribution in [3.63, 3.8) is 0 Å². The summed E-state index contributed by atoms with van der Waals surface area (Å²) < 4.78 is 7.25. The third-order valence-corrected chi connectivity index (χ3v) is 3.90. The summed E-state index contributed by atoms with van der Waals surface area (Å²) in [6.45, 7) is 6.99. The van der Waals surface area contributed by atoms with Gasteiger partial charge in [0.1, 0.15) is 11.6 Å². The van der Waals surface area contributed by atoms with E-state index < -0.39 is 0 Å². The Morgan fingerprint density at radius 1 is 1.24 bits per heavy atom. The van der Waals surface area contributed by atoms with E-state index in [-0.39, 0.29) is 5.91 Å². The molecule has 0 aliphatic carbocycles. The van der Waals surface area contributed by atoms with E-state index in [4.69, 9.17) is 4.74 Å². The van der Waals surface area contributed by atoms with Gasteiger partial charge in [-0.25, -0.2) is 4.98 Å². The van der Waals surface area contributed by atoms with Crippen molar-refractivity contribution in [1.29, 1.82) is 0 Å². The number of allylic oxidation sites excluding steroid dienone is 1. The van der Waals surface area contributed by atoms with Crippen molar-refractivity contribution in [2.75, 3.05) is 7.11 Å². The molecule has 1 N–H and O–H groups in total. The van der Waals surface area contributed by atoms with Crippen LogP contribution in [0.5, 0.6) is 5.75 Å². The number of nitrogens with zero attached hydrogens (tertiary/aromatic N) is 2. The number of carbonyl (C=O) groups is 1. The van der Waals surface area contributed by atoms with Crippen LogP contribution in [0.3, 0.4) is 0 Å². The fourth-order valence-electron chi connectivity index (χ4n) is 2.73. The summed E-state index contributed by atoms with van der Waals surface area (Å²) in [5.74, 6) is 1.30. The lowest BCUT2D eigenvalue weighted by Gasteiger charge is -2.10. The summed E-state index contributed by atoms with van der Waals surface area (Å²) >= 11 is 0. The second kappa shape index (κ2) is 7.21. The lowest BCUT2D eigenvalue weighted by molar-refractivity contribution is 0.0949. The van der Waals surface area contributed by atoms with E-state index in [0.717, 1.165) is 22.4 Å². The molecule has 3 aromatic rings. The first kappa shape index (κ1) is 16.8. The van der Waals surface area contributed by atoms with Crippen LogP contribution in [0.1, 0.15) is 23.1 Å². The highest BCUT2D eigenvalue weighted by Gasteiger charge is 2.12. The van der Waals surface area contributed by atoms with Gasteiger partial charge in [0.15, 0.2) is 0 Å². The van der Waals surface area contributed by atoms with E-state index in [0.29, 0.717) is 24.4 Å². The number of nitrogens with one attached hydrogen (secondary N) is 1. The zero-order chi connectivity index (χ0) is 17.8. The van der Waals surface area contributed by atoms with E-state index in [1.54, 1.807) is 25.3 Å². The Labute approximate surface area is 146 Å². The molecule has 5 nitrogen and oxygen atoms in total. The van der Waals surface area contributed by atoms with Crippen molar-refractivity contribution >= 4 is 16.9 Å². The largest absolute Gasteiger partial charge is 0.497 e. The lowest BCUT2D eigenvalue weighted by Crippen LogP contribution is -2.24. The third-order valence-electron chi connectivity index (χ3n) is 3.90. The molecule has 0 saturated heterocycles. The van der Waals surface area contributed by atoms with E-state index >= 15 is 0 Å². The minimum Gasteiger partial charge on any atom is -0.497 e. The van der Waals surface area contributed by atoms with Gasteiger partial charge in [-0.05, 0) is 37.3 Å². The minimum atomic E-state index is -0.159. The Morgan fingerprint density at radius 3 is 2.80 bits per heavy atom. The van der Waals surface area contributed by atoms with E-state index in [1.807, 2.05) is 37.3 Å². The maximum Gasteiger partial charge on any atom is 0.251 e. The number of para-hydroxylation sites is 2. The molecule has 128 valence electrons. The summed E-state index contributed by atoms with van der Waals surface area (Å²) in [4.78, 5) is 17.1. The van der Waals surface area contributed by atoms with Crippen LogP contribution >= 0.6 is 0 Å². The number of rotatable bonds is 6. The van der Waals surface area contributed by atoms with Crippen molar-refractivity contribution in [3.8, 4) is 5.75 Å². The van der Waals surface area contributed by atoms with Gasteiger partial charge in [0, 0.05) is 12.1 Å². The number of amides is 1. The number of benzene rings is 2. The quantitative estimate of drug-likeness (QED) is 0.701. The van der Waals surface area contributed by atoms with Crippen LogP contribution in [0.2, 0.25) is 0 Å². The first-order valence-electron chi connectivity index (χ1n) is 8.09. The summed E-state index contributed by atoms with van der Waals surface area (Å²) in [7, 11) is 1.58. The zero-order valence-corrected chi connectivity index (χ0v) is 14.5. The number of hydrogen-bond donors (Lipinski definition) is 1. The van der Waals surface area contributed by atoms with Crippen molar-refractivity contribution < 1.29 is 9.53 Å². The molecule has 0 radical (unpaired) electrons. The zero-order valence-electron chi connectivity index (χ0n) is 14.5. The predicted molar refractivity (Wildman–Crippen MR) is 98.7 cm³/mol. The van der Waals surface area contributed by atoms with Crippen LogP contribution in [0, 0.1) is 0 Å². The maximum atomic E-state index is 12.4. The van der Waals surface area contributed by atoms with Gasteiger partial charge in [-0.15, -0.1) is 0 Å². The molecule has 0 aliphatic rings. The average molecular weight is 335 g/mol. The molecule has 5 heteroatoms. The molecule has 0 fully saturated rings. The highest BCUT2D eigenvalue weighted by molar-refractivity contribution is 5.94. The number of carbonyl (C=O) groups excluding carboxylic acids is 1. The van der Waals surface area contributed by atoms with E-state index in [1.165, 1.54) is 0 Å². The van der Waals surface area contributed by atoms with E-state index in [9.17, 15) is 4.79 Å². The van der Waals surface area contributed by atoms with Gasteiger partial charge in [-0.1, -0.05) is 30.4 Å². The standard InChI is InChI=1S/C20H21N3O2/c1-14(2)13-23-18-10-5-4-9-17(18)22-19(23)12-21-20(24)15-7-6-8-16(11-15)25-3/h4-11H,1,12-13H2,2-3H3,(H,21,24). The summed E-state index contributed by atoms with van der Waals surface area (Å²) in [6.07, 6.45) is 0. The molecule has 1 amide bonds. The Kier molecular flexibility index (Phi) is 4.84. The molecule has 0 bridgehead atoms. The van der Waals surface area contributed by atoms with Gasteiger partial charge < -0.3 is 14.6 Å². The van der Waals surface area contributed by atoms with Crippen molar-refractivity contribution in [1.82, 2.24) is 14.9 Å². The first-order chi connectivity index (χ1) is 12.1. The molecule has 3 rings (SSSR count). The Bertz CT molecular complexity index is 928. The fourth-order valence-corrected chi connectivity index (χ4v) is 2.73. The predicted octanol–water partition coefficient (Wildman–Crippen LogP) is 3.55. The number of hydrogen-bond acceptors (Lipinski definition) is 3. The number of methoxy groups -OCH3 is 1. The highest BCUT2D eigenvalue weighted by atomic mass is 16.5. The number of fused-ring (bicyclic) bond motifs is 1. The second-order valence-corrected chi connectivity index (χ2v) is 5.97. The molecule has 0 unspecified atom stereocenters. The summed E-state index contributed by atoms with van der Waals surface area (Å²) in [5.41, 5.74) is 3.54. The highest BCUT2D eigenvalue weighted by Crippen LogP contribution is 2.18. The van der Waals surface area contributed by atoms with Crippen molar-refractivity contribution in [2.45, 2.75) is 20.0 Å². The van der Waals surface area contributed by atoms with Gasteiger partial charge in [0.25, 0.3) is 5.91 Å². The van der Waals surface area contributed by atoms with Crippen LogP contribution in [0.15, 0.2) is 60.7 Å².